The molecule has 86 valence electrons. The van der Waals surface area contributed by atoms with E-state index < -0.39 is 6.10 Å². The fraction of sp³-hybridized carbons (Fsp3) is 0.333. The summed E-state index contributed by atoms with van der Waals surface area (Å²) >= 11 is 12.2. The Hall–Kier alpha value is -0.700. The standard InChI is InChI=1S/C12H13Cl2NO/c1-3-15-6-9(7(2)16)8-4-5-10(13)11(14)12(8)15/h4-7,16H,3H2,1-2H3. The first kappa shape index (κ1) is 11.8. The smallest absolute Gasteiger partial charge is 0.0835 e. The first-order chi connectivity index (χ1) is 7.56. The summed E-state index contributed by atoms with van der Waals surface area (Å²) in [6.07, 6.45) is 1.42. The minimum absolute atomic E-state index is 0.507. The number of hydrogen-bond donors (Lipinski definition) is 1. The van der Waals surface area contributed by atoms with E-state index in [0.29, 0.717) is 10.0 Å². The SMILES string of the molecule is CCn1cc(C(C)O)c2ccc(Cl)c(Cl)c21. The van der Waals surface area contributed by atoms with Crippen molar-refractivity contribution in [1.29, 1.82) is 0 Å². The van der Waals surface area contributed by atoms with Crippen LogP contribution >= 0.6 is 23.2 Å². The van der Waals surface area contributed by atoms with E-state index in [1.807, 2.05) is 23.8 Å². The maximum absolute atomic E-state index is 9.70. The first-order valence-corrected chi connectivity index (χ1v) is 5.96. The van der Waals surface area contributed by atoms with Gasteiger partial charge >= 0.3 is 0 Å². The van der Waals surface area contributed by atoms with Gasteiger partial charge in [0.1, 0.15) is 0 Å². The summed E-state index contributed by atoms with van der Waals surface area (Å²) in [6, 6.07) is 3.66. The van der Waals surface area contributed by atoms with Crippen molar-refractivity contribution < 1.29 is 5.11 Å². The third-order valence-electron chi connectivity index (χ3n) is 2.75. The summed E-state index contributed by atoms with van der Waals surface area (Å²) in [6.45, 7) is 4.57. The topological polar surface area (TPSA) is 25.2 Å². The van der Waals surface area contributed by atoms with Gasteiger partial charge in [0.25, 0.3) is 0 Å². The molecule has 0 amide bonds. The van der Waals surface area contributed by atoms with Crippen LogP contribution in [-0.2, 0) is 6.54 Å². The summed E-state index contributed by atoms with van der Waals surface area (Å²) in [5.74, 6) is 0. The van der Waals surface area contributed by atoms with Gasteiger partial charge in [-0.25, -0.2) is 0 Å². The van der Waals surface area contributed by atoms with Gasteiger partial charge in [0.05, 0.1) is 21.7 Å². The van der Waals surface area contributed by atoms with E-state index in [1.165, 1.54) is 0 Å². The Bertz CT molecular complexity index is 531. The molecule has 0 spiro atoms. The van der Waals surface area contributed by atoms with Crippen LogP contribution < -0.4 is 0 Å². The van der Waals surface area contributed by atoms with Crippen molar-refractivity contribution in [2.24, 2.45) is 0 Å². The van der Waals surface area contributed by atoms with Gasteiger partial charge in [-0.1, -0.05) is 29.3 Å². The van der Waals surface area contributed by atoms with Gasteiger partial charge in [0, 0.05) is 23.7 Å². The number of aliphatic hydroxyl groups excluding tert-OH is 1. The highest BCUT2D eigenvalue weighted by atomic mass is 35.5. The van der Waals surface area contributed by atoms with Gasteiger partial charge in [0.15, 0.2) is 0 Å². The molecule has 1 unspecified atom stereocenters. The third kappa shape index (κ3) is 1.71. The number of hydrogen-bond acceptors (Lipinski definition) is 1. The molecule has 0 saturated carbocycles. The van der Waals surface area contributed by atoms with E-state index in [2.05, 4.69) is 0 Å². The Balaban J connectivity index is 2.85. The molecule has 1 aromatic heterocycles. The summed E-state index contributed by atoms with van der Waals surface area (Å²) in [4.78, 5) is 0. The minimum atomic E-state index is -0.507. The molecule has 0 radical (unpaired) electrons. The highest BCUT2D eigenvalue weighted by molar-refractivity contribution is 6.45. The molecule has 16 heavy (non-hydrogen) atoms. The molecule has 0 aliphatic heterocycles. The number of rotatable bonds is 2. The number of fused-ring (bicyclic) bond motifs is 1. The molecule has 1 heterocycles. The van der Waals surface area contributed by atoms with Gasteiger partial charge < -0.3 is 9.67 Å². The Morgan fingerprint density at radius 1 is 1.38 bits per heavy atom. The molecule has 1 atom stereocenters. The van der Waals surface area contributed by atoms with E-state index in [9.17, 15) is 5.11 Å². The highest BCUT2D eigenvalue weighted by Gasteiger charge is 2.15. The van der Waals surface area contributed by atoms with Crippen molar-refractivity contribution in [3.05, 3.63) is 33.9 Å². The molecule has 0 bridgehead atoms. The lowest BCUT2D eigenvalue weighted by atomic mass is 10.1. The number of aromatic nitrogens is 1. The van der Waals surface area contributed by atoms with E-state index in [1.54, 1.807) is 13.0 Å². The van der Waals surface area contributed by atoms with Gasteiger partial charge in [-0.3, -0.25) is 0 Å². The maximum atomic E-state index is 9.70. The largest absolute Gasteiger partial charge is 0.389 e. The minimum Gasteiger partial charge on any atom is -0.389 e. The second-order valence-electron chi connectivity index (χ2n) is 3.80. The van der Waals surface area contributed by atoms with Crippen LogP contribution in [0.5, 0.6) is 0 Å². The van der Waals surface area contributed by atoms with Crippen molar-refractivity contribution in [3.8, 4) is 0 Å². The quantitative estimate of drug-likeness (QED) is 0.864. The molecule has 2 rings (SSSR count). The van der Waals surface area contributed by atoms with E-state index in [4.69, 9.17) is 23.2 Å². The molecule has 1 N–H and O–H groups in total. The number of nitrogens with zero attached hydrogens (tertiary/aromatic N) is 1. The number of aryl methyl sites for hydroxylation is 1. The molecule has 0 aliphatic carbocycles. The van der Waals surface area contributed by atoms with Crippen molar-refractivity contribution >= 4 is 34.1 Å². The molecule has 0 saturated heterocycles. The molecule has 1 aromatic carbocycles. The molecule has 2 aromatic rings. The van der Waals surface area contributed by atoms with Gasteiger partial charge in [-0.15, -0.1) is 0 Å². The van der Waals surface area contributed by atoms with Crippen LogP contribution in [0.1, 0.15) is 25.5 Å². The zero-order valence-corrected chi connectivity index (χ0v) is 10.7. The van der Waals surface area contributed by atoms with Crippen LogP contribution in [0.3, 0.4) is 0 Å². The lowest BCUT2D eigenvalue weighted by Gasteiger charge is -2.04. The predicted octanol–water partition coefficient (Wildman–Crippen LogP) is 4.02. The average Bonchev–Trinajstić information content (AvgIpc) is 2.62. The fourth-order valence-corrected chi connectivity index (χ4v) is 2.36. The normalized spacial score (nSPS) is 13.3. The lowest BCUT2D eigenvalue weighted by molar-refractivity contribution is 0.200. The predicted molar refractivity (Wildman–Crippen MR) is 68.3 cm³/mol. The van der Waals surface area contributed by atoms with Gasteiger partial charge in [-0.05, 0) is 19.9 Å². The van der Waals surface area contributed by atoms with Gasteiger partial charge in [-0.2, -0.15) is 0 Å². The van der Waals surface area contributed by atoms with Crippen molar-refractivity contribution in [3.63, 3.8) is 0 Å². The number of benzene rings is 1. The second kappa shape index (κ2) is 4.28. The fourth-order valence-electron chi connectivity index (χ4n) is 1.94. The summed E-state index contributed by atoms with van der Waals surface area (Å²) in [5.41, 5.74) is 1.78. The lowest BCUT2D eigenvalue weighted by Crippen LogP contribution is -1.92. The van der Waals surface area contributed by atoms with E-state index in [0.717, 1.165) is 23.0 Å². The molecule has 0 aliphatic rings. The Morgan fingerprint density at radius 2 is 2.06 bits per heavy atom. The second-order valence-corrected chi connectivity index (χ2v) is 4.59. The first-order valence-electron chi connectivity index (χ1n) is 5.21. The Labute approximate surface area is 104 Å². The molecular weight excluding hydrogens is 245 g/mol. The third-order valence-corrected chi connectivity index (χ3v) is 3.55. The van der Waals surface area contributed by atoms with Crippen LogP contribution in [0.15, 0.2) is 18.3 Å². The van der Waals surface area contributed by atoms with E-state index >= 15 is 0 Å². The highest BCUT2D eigenvalue weighted by Crippen LogP contribution is 2.35. The van der Waals surface area contributed by atoms with Crippen molar-refractivity contribution in [2.75, 3.05) is 0 Å². The van der Waals surface area contributed by atoms with Crippen molar-refractivity contribution in [2.45, 2.75) is 26.5 Å². The zero-order chi connectivity index (χ0) is 11.9. The number of aliphatic hydroxyl groups is 1. The molecule has 4 heteroatoms. The van der Waals surface area contributed by atoms with Crippen LogP contribution in [0.4, 0.5) is 0 Å². The summed E-state index contributed by atoms with van der Waals surface area (Å²) < 4.78 is 2.01. The number of halogens is 2. The van der Waals surface area contributed by atoms with Crippen LogP contribution in [0.2, 0.25) is 10.0 Å². The van der Waals surface area contributed by atoms with Crippen LogP contribution in [0.25, 0.3) is 10.9 Å². The average molecular weight is 258 g/mol. The monoisotopic (exact) mass is 257 g/mol. The summed E-state index contributed by atoms with van der Waals surface area (Å²) in [7, 11) is 0. The molecule has 2 nitrogen and oxygen atoms in total. The van der Waals surface area contributed by atoms with E-state index in [-0.39, 0.29) is 0 Å². The van der Waals surface area contributed by atoms with Crippen LogP contribution in [-0.4, -0.2) is 9.67 Å². The van der Waals surface area contributed by atoms with Crippen molar-refractivity contribution in [1.82, 2.24) is 4.57 Å². The molecule has 0 fully saturated rings. The Morgan fingerprint density at radius 3 is 2.62 bits per heavy atom. The molecular formula is C12H13Cl2NO. The zero-order valence-electron chi connectivity index (χ0n) is 9.17. The van der Waals surface area contributed by atoms with Crippen LogP contribution in [0, 0.1) is 0 Å². The summed E-state index contributed by atoms with van der Waals surface area (Å²) in [5, 5.41) is 11.8. The van der Waals surface area contributed by atoms with Gasteiger partial charge in [0.2, 0.25) is 0 Å². The maximum Gasteiger partial charge on any atom is 0.0835 e. The Kier molecular flexibility index (Phi) is 3.15.